The number of nitrogens with two attached hydrogens (primary N) is 1. The Labute approximate surface area is 247 Å². The molecule has 12 heteroatoms. The Morgan fingerprint density at radius 1 is 1.14 bits per heavy atom. The molecule has 2 amide bonds. The number of anilines is 1. The second kappa shape index (κ2) is 11.3. The molecule has 0 saturated heterocycles. The zero-order valence-electron chi connectivity index (χ0n) is 24.0. The second-order valence-electron chi connectivity index (χ2n) is 11.3. The summed E-state index contributed by atoms with van der Waals surface area (Å²) < 4.78 is 22.9. The van der Waals surface area contributed by atoms with Crippen molar-refractivity contribution in [3.8, 4) is 16.9 Å². The van der Waals surface area contributed by atoms with Crippen molar-refractivity contribution in [2.45, 2.75) is 30.9 Å². The fraction of sp³-hybridized carbons (Fsp3) is 0.387. The summed E-state index contributed by atoms with van der Waals surface area (Å²) in [6.07, 6.45) is -0.376. The Morgan fingerprint density at radius 3 is 2.44 bits per heavy atom. The Bertz CT molecular complexity index is 1550. The van der Waals surface area contributed by atoms with Gasteiger partial charge in [0.05, 0.1) is 17.2 Å². The van der Waals surface area contributed by atoms with Gasteiger partial charge in [-0.1, -0.05) is 18.2 Å². The van der Waals surface area contributed by atoms with E-state index in [2.05, 4.69) is 5.32 Å². The zero-order chi connectivity index (χ0) is 31.2. The first-order valence-corrected chi connectivity index (χ1v) is 13.8. The normalized spacial score (nSPS) is 24.8. The number of carbonyl (C=O) groups excluding carboxylic acids is 3. The molecule has 11 nitrogen and oxygen atoms in total. The van der Waals surface area contributed by atoms with Crippen LogP contribution in [0, 0.1) is 11.8 Å². The predicted molar refractivity (Wildman–Crippen MR) is 154 cm³/mol. The highest BCUT2D eigenvalue weighted by atomic mass is 19.1. The molecular weight excluding hydrogens is 561 g/mol. The number of alkyl halides is 1. The van der Waals surface area contributed by atoms with Crippen LogP contribution in [-0.4, -0.2) is 84.1 Å². The van der Waals surface area contributed by atoms with Crippen LogP contribution in [0.15, 0.2) is 59.1 Å². The Morgan fingerprint density at radius 2 is 1.84 bits per heavy atom. The van der Waals surface area contributed by atoms with E-state index in [1.54, 1.807) is 49.3 Å². The van der Waals surface area contributed by atoms with Gasteiger partial charge in [-0.2, -0.15) is 0 Å². The number of rotatable bonds is 7. The van der Waals surface area contributed by atoms with Crippen LogP contribution in [0.25, 0.3) is 11.1 Å². The number of Topliss-reactive ketones (excluding diaryl/α,β-unsaturated/α-hetero) is 1. The molecule has 2 aromatic rings. The molecule has 0 radical (unpaired) electrons. The minimum atomic E-state index is -1.49. The van der Waals surface area contributed by atoms with Crippen molar-refractivity contribution in [1.29, 1.82) is 0 Å². The number of amides is 2. The lowest BCUT2D eigenvalue weighted by atomic mass is 9.58. The van der Waals surface area contributed by atoms with E-state index in [1.807, 2.05) is 0 Å². The molecule has 3 aliphatic rings. The minimum Gasteiger partial charge on any atom is -0.510 e. The number of aliphatic hydroxyl groups is 2. The maximum atomic E-state index is 14.1. The topological polar surface area (TPSA) is 172 Å². The molecule has 0 saturated carbocycles. The van der Waals surface area contributed by atoms with Crippen LogP contribution < -0.4 is 11.1 Å². The number of nitrogens with one attached hydrogen (secondary N) is 1. The number of phenols is 1. The number of carbonyl (C=O) groups is 3. The lowest BCUT2D eigenvalue weighted by Crippen LogP contribution is -2.60. The molecule has 0 heterocycles. The number of nitrogens with zero attached hydrogens (tertiary/aromatic N) is 1. The third kappa shape index (κ3) is 4.90. The molecule has 0 unspecified atom stereocenters. The molecule has 0 spiro atoms. The molecule has 2 aromatic carbocycles. The van der Waals surface area contributed by atoms with Crippen molar-refractivity contribution in [3.05, 3.63) is 70.2 Å². The quantitative estimate of drug-likeness (QED) is 0.319. The fourth-order valence-corrected chi connectivity index (χ4v) is 6.92. The number of ether oxygens (including phenoxy) is 2. The van der Waals surface area contributed by atoms with Gasteiger partial charge >= 0.3 is 6.09 Å². The summed E-state index contributed by atoms with van der Waals surface area (Å²) >= 11 is 0. The number of primary amides is 1. The average molecular weight is 596 g/mol. The van der Waals surface area contributed by atoms with E-state index in [0.717, 1.165) is 0 Å². The highest BCUT2D eigenvalue weighted by Gasteiger charge is 2.59. The number of methoxy groups -OCH3 is 1. The van der Waals surface area contributed by atoms with E-state index in [1.165, 1.54) is 13.2 Å². The van der Waals surface area contributed by atoms with Crippen LogP contribution in [0.2, 0.25) is 0 Å². The van der Waals surface area contributed by atoms with Gasteiger partial charge in [0.15, 0.2) is 5.78 Å². The summed E-state index contributed by atoms with van der Waals surface area (Å²) in [5, 5.41) is 36.2. The van der Waals surface area contributed by atoms with Crippen LogP contribution in [0.3, 0.4) is 0 Å². The van der Waals surface area contributed by atoms with Gasteiger partial charge in [-0.05, 0) is 67.7 Å². The van der Waals surface area contributed by atoms with Crippen molar-refractivity contribution in [3.63, 3.8) is 0 Å². The highest BCUT2D eigenvalue weighted by Crippen LogP contribution is 2.55. The molecule has 0 aromatic heterocycles. The van der Waals surface area contributed by atoms with E-state index in [0.29, 0.717) is 35.2 Å². The molecule has 3 aliphatic carbocycles. The molecule has 0 aliphatic heterocycles. The molecule has 4 atom stereocenters. The third-order valence-electron chi connectivity index (χ3n) is 8.80. The third-order valence-corrected chi connectivity index (χ3v) is 8.80. The molecule has 5 rings (SSSR count). The van der Waals surface area contributed by atoms with Crippen LogP contribution in [0.5, 0.6) is 5.75 Å². The number of fused-ring (bicyclic) bond motifs is 3. The van der Waals surface area contributed by atoms with Crippen molar-refractivity contribution >= 4 is 23.5 Å². The number of benzene rings is 2. The zero-order valence-corrected chi connectivity index (χ0v) is 24.0. The molecule has 0 fully saturated rings. The molecule has 43 heavy (non-hydrogen) atoms. The standard InChI is InChI=1S/C31H34FN3O8/c1-35(2)25-21-13-16-12-19-18(15-4-6-17(7-5-15)34-30(41)43-11-10-32)8-9-22(36)24(19)27(38)23(16)28(39)31(21,42-3)14-20(26(25)37)29(33)40/h4-9,16,21,25,36-37,39H,10-14H2,1-3H3,(H2,33,40)(H,34,41)/t16-,21-,25+,31-/m0/s1. The number of likely N-dealkylation sites (N-methyl/N-ethyl adjacent to an activating group) is 1. The summed E-state index contributed by atoms with van der Waals surface area (Å²) in [6.45, 7) is -1.14. The second-order valence-corrected chi connectivity index (χ2v) is 11.3. The number of allylic oxidation sites excluding steroid dienone is 1. The van der Waals surface area contributed by atoms with Gasteiger partial charge in [0, 0.05) is 30.7 Å². The summed E-state index contributed by atoms with van der Waals surface area (Å²) in [6, 6.07) is 9.13. The Balaban J connectivity index is 1.57. The SMILES string of the molecule is CO[C@@]12CC(C(N)=O)=C(O)[C@H](N(C)C)[C@@H]1C[C@@H]1Cc3c(-c4ccc(NC(=O)OCCF)cc4)ccc(O)c3C(=O)C1=C2O. The van der Waals surface area contributed by atoms with Crippen molar-refractivity contribution in [2.75, 3.05) is 39.8 Å². The van der Waals surface area contributed by atoms with Gasteiger partial charge < -0.3 is 30.5 Å². The van der Waals surface area contributed by atoms with Gasteiger partial charge in [0.25, 0.3) is 0 Å². The maximum absolute atomic E-state index is 14.1. The number of aliphatic hydroxyl groups excluding tert-OH is 2. The monoisotopic (exact) mass is 595 g/mol. The van der Waals surface area contributed by atoms with Crippen molar-refractivity contribution in [1.82, 2.24) is 4.90 Å². The summed E-state index contributed by atoms with van der Waals surface area (Å²) in [5.74, 6) is -3.17. The minimum absolute atomic E-state index is 0.0606. The maximum Gasteiger partial charge on any atom is 0.411 e. The van der Waals surface area contributed by atoms with E-state index >= 15 is 0 Å². The molecule has 6 N–H and O–H groups in total. The number of phenolic OH excluding ortho intramolecular Hbond substituents is 1. The van der Waals surface area contributed by atoms with E-state index in [4.69, 9.17) is 15.2 Å². The first-order chi connectivity index (χ1) is 20.4. The number of aromatic hydroxyl groups is 1. The summed E-state index contributed by atoms with van der Waals surface area (Å²) in [5.41, 5.74) is 6.59. The smallest absolute Gasteiger partial charge is 0.411 e. The van der Waals surface area contributed by atoms with E-state index in [-0.39, 0.29) is 47.0 Å². The number of hydrogen-bond donors (Lipinski definition) is 5. The van der Waals surface area contributed by atoms with Gasteiger partial charge in [-0.25, -0.2) is 9.18 Å². The lowest BCUT2D eigenvalue weighted by molar-refractivity contribution is -0.121. The fourth-order valence-electron chi connectivity index (χ4n) is 6.92. The van der Waals surface area contributed by atoms with Gasteiger partial charge in [0.1, 0.15) is 36.2 Å². The molecule has 0 bridgehead atoms. The van der Waals surface area contributed by atoms with Gasteiger partial charge in [-0.15, -0.1) is 0 Å². The predicted octanol–water partition coefficient (Wildman–Crippen LogP) is 3.78. The van der Waals surface area contributed by atoms with Gasteiger partial charge in [-0.3, -0.25) is 19.8 Å². The van der Waals surface area contributed by atoms with Crippen molar-refractivity contribution < 1.29 is 43.6 Å². The number of hydrogen-bond acceptors (Lipinski definition) is 9. The number of ketones is 1. The summed E-state index contributed by atoms with van der Waals surface area (Å²) in [7, 11) is 4.85. The van der Waals surface area contributed by atoms with Crippen LogP contribution in [0.4, 0.5) is 14.9 Å². The first-order valence-electron chi connectivity index (χ1n) is 13.8. The number of halogens is 1. The molecular formula is C31H34FN3O8. The van der Waals surface area contributed by atoms with Crippen LogP contribution in [-0.2, 0) is 20.7 Å². The Kier molecular flexibility index (Phi) is 7.93. The summed E-state index contributed by atoms with van der Waals surface area (Å²) in [4.78, 5) is 39.9. The lowest BCUT2D eigenvalue weighted by Gasteiger charge is -2.53. The van der Waals surface area contributed by atoms with Crippen LogP contribution >= 0.6 is 0 Å². The molecule has 228 valence electrons. The largest absolute Gasteiger partial charge is 0.510 e. The van der Waals surface area contributed by atoms with Gasteiger partial charge in [0.2, 0.25) is 5.91 Å². The first kappa shape index (κ1) is 30.1. The van der Waals surface area contributed by atoms with Crippen LogP contribution in [0.1, 0.15) is 28.8 Å². The van der Waals surface area contributed by atoms with Crippen molar-refractivity contribution in [2.24, 2.45) is 17.6 Å². The average Bonchev–Trinajstić information content (AvgIpc) is 2.96. The highest BCUT2D eigenvalue weighted by molar-refractivity contribution is 6.14. The van der Waals surface area contributed by atoms with E-state index < -0.39 is 47.9 Å². The Hall–Kier alpha value is -4.42. The van der Waals surface area contributed by atoms with E-state index in [9.17, 15) is 34.1 Å².